The summed E-state index contributed by atoms with van der Waals surface area (Å²) in [5.74, 6) is 0.224. The van der Waals surface area contributed by atoms with Crippen LogP contribution in [0.25, 0.3) is 0 Å². The molecule has 1 aromatic rings. The lowest BCUT2D eigenvalue weighted by atomic mass is 9.58. The molecule has 2 heterocycles. The molecule has 1 saturated carbocycles. The lowest BCUT2D eigenvalue weighted by Gasteiger charge is -2.54. The topological polar surface area (TPSA) is 54.9 Å². The van der Waals surface area contributed by atoms with E-state index in [1.54, 1.807) is 0 Å². The van der Waals surface area contributed by atoms with Gasteiger partial charge >= 0.3 is 0 Å². The number of nitrogens with zero attached hydrogens (tertiary/aromatic N) is 2. The van der Waals surface area contributed by atoms with E-state index in [0.29, 0.717) is 0 Å². The Bertz CT molecular complexity index is 397. The van der Waals surface area contributed by atoms with Crippen LogP contribution < -0.4 is 5.32 Å². The van der Waals surface area contributed by atoms with E-state index in [1.807, 2.05) is 6.92 Å². The number of nitrogens with one attached hydrogen (secondary N) is 1. The number of rotatable bonds is 1. The van der Waals surface area contributed by atoms with Crippen LogP contribution in [0.4, 0.5) is 0 Å². The summed E-state index contributed by atoms with van der Waals surface area (Å²) in [6.45, 7) is 1.95. The lowest BCUT2D eigenvalue weighted by molar-refractivity contribution is -0.155. The molecule has 14 heavy (non-hydrogen) atoms. The molecule has 2 fully saturated rings. The molecule has 1 aromatic heterocycles. The monoisotopic (exact) mass is 209 g/mol. The summed E-state index contributed by atoms with van der Waals surface area (Å²) < 4.78 is 3.91. The standard InChI is InChI=1S/C9H11N3OS/c1-5-6(14-12-11-5)7-9(3-2-4-9)8(13)10-7/h7H,2-4H2,1H3,(H,10,13). The van der Waals surface area contributed by atoms with Crippen LogP contribution >= 0.6 is 11.5 Å². The van der Waals surface area contributed by atoms with Crippen LogP contribution in [0.5, 0.6) is 0 Å². The Labute approximate surface area is 85.9 Å². The van der Waals surface area contributed by atoms with Gasteiger partial charge in [0.15, 0.2) is 0 Å². The van der Waals surface area contributed by atoms with Crippen molar-refractivity contribution in [1.82, 2.24) is 14.9 Å². The Hall–Kier alpha value is -0.970. The Balaban J connectivity index is 1.95. The molecule has 1 spiro atoms. The van der Waals surface area contributed by atoms with E-state index >= 15 is 0 Å². The van der Waals surface area contributed by atoms with Crippen molar-refractivity contribution in [3.63, 3.8) is 0 Å². The molecule has 5 heteroatoms. The normalized spacial score (nSPS) is 28.1. The summed E-state index contributed by atoms with van der Waals surface area (Å²) in [6, 6.07) is 0.198. The first-order valence-electron chi connectivity index (χ1n) is 4.84. The van der Waals surface area contributed by atoms with Gasteiger partial charge < -0.3 is 5.32 Å². The van der Waals surface area contributed by atoms with Crippen molar-refractivity contribution in [2.75, 3.05) is 0 Å². The second-order valence-corrected chi connectivity index (χ2v) is 4.92. The fourth-order valence-electron chi connectivity index (χ4n) is 2.36. The largest absolute Gasteiger partial charge is 0.347 e. The first-order valence-corrected chi connectivity index (χ1v) is 5.61. The highest BCUT2D eigenvalue weighted by molar-refractivity contribution is 7.05. The van der Waals surface area contributed by atoms with E-state index in [1.165, 1.54) is 18.0 Å². The van der Waals surface area contributed by atoms with Crippen LogP contribution in [-0.2, 0) is 4.79 Å². The first kappa shape index (κ1) is 8.35. The van der Waals surface area contributed by atoms with E-state index in [9.17, 15) is 4.79 Å². The average Bonchev–Trinajstić information content (AvgIpc) is 2.44. The molecule has 1 aliphatic carbocycles. The molecule has 74 valence electrons. The fraction of sp³-hybridized carbons (Fsp3) is 0.667. The number of aryl methyl sites for hydroxylation is 1. The zero-order valence-electron chi connectivity index (χ0n) is 7.91. The van der Waals surface area contributed by atoms with E-state index in [2.05, 4.69) is 14.9 Å². The molecule has 2 aliphatic rings. The maximum absolute atomic E-state index is 11.5. The molecule has 0 bridgehead atoms. The Kier molecular flexibility index (Phi) is 1.51. The zero-order chi connectivity index (χ0) is 9.76. The van der Waals surface area contributed by atoms with Crippen molar-refractivity contribution in [3.05, 3.63) is 10.6 Å². The third-order valence-corrected chi connectivity index (χ3v) is 4.37. The minimum atomic E-state index is -0.0844. The van der Waals surface area contributed by atoms with Crippen LogP contribution in [0, 0.1) is 12.3 Å². The van der Waals surface area contributed by atoms with Gasteiger partial charge in [-0.05, 0) is 31.3 Å². The van der Waals surface area contributed by atoms with Crippen molar-refractivity contribution >= 4 is 17.4 Å². The van der Waals surface area contributed by atoms with Gasteiger partial charge in [0, 0.05) is 0 Å². The number of carbonyl (C=O) groups is 1. The predicted octanol–water partition coefficient (Wildman–Crippen LogP) is 1.19. The highest BCUT2D eigenvalue weighted by atomic mass is 32.1. The van der Waals surface area contributed by atoms with Crippen LogP contribution in [0.2, 0.25) is 0 Å². The minimum Gasteiger partial charge on any atom is -0.347 e. The Morgan fingerprint density at radius 2 is 2.36 bits per heavy atom. The van der Waals surface area contributed by atoms with Gasteiger partial charge in [-0.2, -0.15) is 0 Å². The predicted molar refractivity (Wildman–Crippen MR) is 51.8 cm³/mol. The van der Waals surface area contributed by atoms with Crippen LogP contribution in [0.1, 0.15) is 35.9 Å². The molecule has 1 amide bonds. The molecule has 1 atom stereocenters. The molecular weight excluding hydrogens is 198 g/mol. The second-order valence-electron chi connectivity index (χ2n) is 4.14. The van der Waals surface area contributed by atoms with Crippen LogP contribution in [-0.4, -0.2) is 15.5 Å². The highest BCUT2D eigenvalue weighted by Crippen LogP contribution is 2.56. The van der Waals surface area contributed by atoms with Crippen LogP contribution in [0.15, 0.2) is 0 Å². The SMILES string of the molecule is Cc1nnsc1C1NC(=O)C12CCC2. The van der Waals surface area contributed by atoms with Gasteiger partial charge in [0.2, 0.25) is 5.91 Å². The quantitative estimate of drug-likeness (QED) is 0.707. The molecule has 1 saturated heterocycles. The van der Waals surface area contributed by atoms with E-state index in [0.717, 1.165) is 23.4 Å². The van der Waals surface area contributed by atoms with Gasteiger partial charge in [-0.15, -0.1) is 5.10 Å². The number of amides is 1. The lowest BCUT2D eigenvalue weighted by Crippen LogP contribution is -2.64. The average molecular weight is 209 g/mol. The van der Waals surface area contributed by atoms with Crippen molar-refractivity contribution < 1.29 is 4.79 Å². The molecule has 3 rings (SSSR count). The highest BCUT2D eigenvalue weighted by Gasteiger charge is 2.59. The van der Waals surface area contributed by atoms with Crippen LogP contribution in [0.3, 0.4) is 0 Å². The van der Waals surface area contributed by atoms with Crippen molar-refractivity contribution in [1.29, 1.82) is 0 Å². The van der Waals surface area contributed by atoms with E-state index < -0.39 is 0 Å². The molecule has 1 N–H and O–H groups in total. The molecule has 1 aliphatic heterocycles. The number of β-lactam (4-membered cyclic amide) rings is 1. The third kappa shape index (κ3) is 0.809. The fourth-order valence-corrected chi connectivity index (χ4v) is 3.17. The molecule has 0 aromatic carbocycles. The number of carbonyl (C=O) groups excluding carboxylic acids is 1. The first-order chi connectivity index (χ1) is 6.74. The summed E-state index contributed by atoms with van der Waals surface area (Å²) in [7, 11) is 0. The summed E-state index contributed by atoms with van der Waals surface area (Å²) in [6.07, 6.45) is 3.23. The second kappa shape index (κ2) is 2.53. The van der Waals surface area contributed by atoms with E-state index in [-0.39, 0.29) is 17.4 Å². The number of hydrogen-bond acceptors (Lipinski definition) is 4. The van der Waals surface area contributed by atoms with Gasteiger partial charge in [-0.3, -0.25) is 4.79 Å². The Morgan fingerprint density at radius 1 is 1.57 bits per heavy atom. The molecule has 4 nitrogen and oxygen atoms in total. The number of hydrogen-bond donors (Lipinski definition) is 1. The maximum Gasteiger partial charge on any atom is 0.229 e. The van der Waals surface area contributed by atoms with Crippen molar-refractivity contribution in [2.45, 2.75) is 32.2 Å². The third-order valence-electron chi connectivity index (χ3n) is 3.47. The van der Waals surface area contributed by atoms with E-state index in [4.69, 9.17) is 0 Å². The number of aromatic nitrogens is 2. The van der Waals surface area contributed by atoms with Gasteiger partial charge in [-0.1, -0.05) is 10.9 Å². The summed E-state index contributed by atoms with van der Waals surface area (Å²) in [4.78, 5) is 12.6. The van der Waals surface area contributed by atoms with Gasteiger partial charge in [0.05, 0.1) is 22.0 Å². The molecular formula is C9H11N3OS. The zero-order valence-corrected chi connectivity index (χ0v) is 8.73. The Morgan fingerprint density at radius 3 is 2.79 bits per heavy atom. The van der Waals surface area contributed by atoms with Crippen molar-refractivity contribution in [3.8, 4) is 0 Å². The van der Waals surface area contributed by atoms with Crippen molar-refractivity contribution in [2.24, 2.45) is 5.41 Å². The summed E-state index contributed by atoms with van der Waals surface area (Å²) in [5.41, 5.74) is 0.880. The molecule has 0 radical (unpaired) electrons. The summed E-state index contributed by atoms with van der Waals surface area (Å²) >= 11 is 1.41. The van der Waals surface area contributed by atoms with Gasteiger partial charge in [0.25, 0.3) is 0 Å². The minimum absolute atomic E-state index is 0.0844. The smallest absolute Gasteiger partial charge is 0.229 e. The maximum atomic E-state index is 11.5. The summed E-state index contributed by atoms with van der Waals surface area (Å²) in [5, 5.41) is 6.96. The molecule has 1 unspecified atom stereocenters. The van der Waals surface area contributed by atoms with Gasteiger partial charge in [-0.25, -0.2) is 0 Å². The van der Waals surface area contributed by atoms with Gasteiger partial charge in [0.1, 0.15) is 0 Å².